The van der Waals surface area contributed by atoms with Crippen LogP contribution in [-0.4, -0.2) is 10.7 Å². The van der Waals surface area contributed by atoms with E-state index in [1.807, 2.05) is 54.6 Å². The van der Waals surface area contributed by atoms with Gasteiger partial charge >= 0.3 is 0 Å². The normalized spacial score (nSPS) is 11.4. The molecule has 2 heterocycles. The van der Waals surface area contributed by atoms with Crippen LogP contribution in [0.3, 0.4) is 0 Å². The van der Waals surface area contributed by atoms with Crippen molar-refractivity contribution < 1.29 is 4.42 Å². The number of nitrogens with zero attached hydrogens (tertiary/aromatic N) is 2. The first-order chi connectivity index (χ1) is 10.8. The predicted molar refractivity (Wildman–Crippen MR) is 91.0 cm³/mol. The first-order valence-electron chi connectivity index (χ1n) is 6.83. The van der Waals surface area contributed by atoms with Crippen molar-refractivity contribution >= 4 is 27.5 Å². The molecule has 0 aliphatic carbocycles. The molecule has 0 unspecified atom stereocenters. The SMILES string of the molecule is Brc1ccc(NN=C(Cc2ccco2)c2ccccc2)nc1. The Kier molecular flexibility index (Phi) is 4.65. The molecule has 0 bridgehead atoms. The van der Waals surface area contributed by atoms with E-state index in [0.29, 0.717) is 12.2 Å². The molecule has 3 aromatic rings. The number of nitrogens with one attached hydrogen (secondary N) is 1. The number of rotatable bonds is 5. The van der Waals surface area contributed by atoms with Gasteiger partial charge in [-0.2, -0.15) is 5.10 Å². The molecule has 1 aromatic carbocycles. The number of hydrogen-bond donors (Lipinski definition) is 1. The van der Waals surface area contributed by atoms with Gasteiger partial charge in [0.2, 0.25) is 0 Å². The number of anilines is 1. The van der Waals surface area contributed by atoms with Crippen molar-refractivity contribution in [3.05, 3.63) is 82.9 Å². The van der Waals surface area contributed by atoms with E-state index in [2.05, 4.69) is 31.4 Å². The maximum Gasteiger partial charge on any atom is 0.146 e. The third-order valence-corrected chi connectivity index (χ3v) is 3.53. The molecule has 110 valence electrons. The van der Waals surface area contributed by atoms with E-state index in [0.717, 1.165) is 21.5 Å². The Balaban J connectivity index is 1.84. The second-order valence-electron chi connectivity index (χ2n) is 4.65. The molecule has 1 N–H and O–H groups in total. The molecule has 0 saturated carbocycles. The molecule has 22 heavy (non-hydrogen) atoms. The zero-order chi connectivity index (χ0) is 15.2. The molecule has 5 heteroatoms. The summed E-state index contributed by atoms with van der Waals surface area (Å²) in [6, 6.07) is 17.6. The molecule has 2 aromatic heterocycles. The summed E-state index contributed by atoms with van der Waals surface area (Å²) in [6.07, 6.45) is 4.01. The quantitative estimate of drug-likeness (QED) is 0.541. The zero-order valence-corrected chi connectivity index (χ0v) is 13.3. The number of hydrazone groups is 1. The van der Waals surface area contributed by atoms with Crippen LogP contribution in [0.4, 0.5) is 5.82 Å². The van der Waals surface area contributed by atoms with Crippen molar-refractivity contribution in [2.75, 3.05) is 5.43 Å². The van der Waals surface area contributed by atoms with Gasteiger partial charge in [0.15, 0.2) is 0 Å². The number of aromatic nitrogens is 1. The molecule has 0 fully saturated rings. The first kappa shape index (κ1) is 14.5. The van der Waals surface area contributed by atoms with Gasteiger partial charge in [-0.1, -0.05) is 30.3 Å². The maximum absolute atomic E-state index is 5.42. The topological polar surface area (TPSA) is 50.4 Å². The Labute approximate surface area is 137 Å². The van der Waals surface area contributed by atoms with Crippen molar-refractivity contribution in [2.45, 2.75) is 6.42 Å². The van der Waals surface area contributed by atoms with Crippen LogP contribution in [0.2, 0.25) is 0 Å². The minimum absolute atomic E-state index is 0.612. The van der Waals surface area contributed by atoms with Crippen LogP contribution in [0, 0.1) is 0 Å². The number of halogens is 1. The fourth-order valence-corrected chi connectivity index (χ4v) is 2.22. The van der Waals surface area contributed by atoms with Gasteiger partial charge < -0.3 is 4.42 Å². The third-order valence-electron chi connectivity index (χ3n) is 3.06. The van der Waals surface area contributed by atoms with Gasteiger partial charge in [-0.15, -0.1) is 0 Å². The lowest BCUT2D eigenvalue weighted by molar-refractivity contribution is 0.526. The lowest BCUT2D eigenvalue weighted by atomic mass is 10.1. The second kappa shape index (κ2) is 7.04. The lowest BCUT2D eigenvalue weighted by Gasteiger charge is -2.06. The summed E-state index contributed by atoms with van der Waals surface area (Å²) >= 11 is 3.36. The highest BCUT2D eigenvalue weighted by Crippen LogP contribution is 2.12. The van der Waals surface area contributed by atoms with Crippen molar-refractivity contribution in [2.24, 2.45) is 5.10 Å². The van der Waals surface area contributed by atoms with Crippen molar-refractivity contribution in [1.82, 2.24) is 4.98 Å². The molecule has 0 aliphatic rings. The molecule has 0 aliphatic heterocycles. The highest BCUT2D eigenvalue weighted by molar-refractivity contribution is 9.10. The monoisotopic (exact) mass is 355 g/mol. The van der Waals surface area contributed by atoms with Crippen LogP contribution in [0.15, 0.2) is 81.0 Å². The van der Waals surface area contributed by atoms with E-state index in [1.165, 1.54) is 0 Å². The molecule has 0 atom stereocenters. The second-order valence-corrected chi connectivity index (χ2v) is 5.57. The van der Waals surface area contributed by atoms with Crippen LogP contribution >= 0.6 is 15.9 Å². The largest absolute Gasteiger partial charge is 0.469 e. The molecule has 4 nitrogen and oxygen atoms in total. The maximum atomic E-state index is 5.42. The van der Waals surface area contributed by atoms with E-state index >= 15 is 0 Å². The summed E-state index contributed by atoms with van der Waals surface area (Å²) in [7, 11) is 0. The number of benzene rings is 1. The Morgan fingerprint density at radius 3 is 2.64 bits per heavy atom. The van der Waals surface area contributed by atoms with E-state index in [-0.39, 0.29) is 0 Å². The van der Waals surface area contributed by atoms with Gasteiger partial charge in [0.25, 0.3) is 0 Å². The summed E-state index contributed by atoms with van der Waals surface area (Å²) in [5.74, 6) is 1.56. The van der Waals surface area contributed by atoms with Crippen LogP contribution in [0.1, 0.15) is 11.3 Å². The van der Waals surface area contributed by atoms with Crippen LogP contribution in [0.5, 0.6) is 0 Å². The number of hydrogen-bond acceptors (Lipinski definition) is 4. The smallest absolute Gasteiger partial charge is 0.146 e. The van der Waals surface area contributed by atoms with E-state index < -0.39 is 0 Å². The molecule has 0 amide bonds. The van der Waals surface area contributed by atoms with Gasteiger partial charge in [-0.3, -0.25) is 5.43 Å². The third kappa shape index (κ3) is 3.83. The Bertz CT molecular complexity index is 737. The summed E-state index contributed by atoms with van der Waals surface area (Å²) in [6.45, 7) is 0. The molecule has 0 radical (unpaired) electrons. The minimum atomic E-state index is 0.612. The lowest BCUT2D eigenvalue weighted by Crippen LogP contribution is -2.08. The van der Waals surface area contributed by atoms with Crippen LogP contribution in [-0.2, 0) is 6.42 Å². The van der Waals surface area contributed by atoms with Crippen molar-refractivity contribution in [3.8, 4) is 0 Å². The molecular formula is C17H14BrN3O. The summed E-state index contributed by atoms with van der Waals surface area (Å²) in [4.78, 5) is 4.25. The Morgan fingerprint density at radius 1 is 1.09 bits per heavy atom. The number of furan rings is 1. The fourth-order valence-electron chi connectivity index (χ4n) is 1.98. The molecule has 0 spiro atoms. The molecular weight excluding hydrogens is 342 g/mol. The first-order valence-corrected chi connectivity index (χ1v) is 7.62. The van der Waals surface area contributed by atoms with Crippen LogP contribution < -0.4 is 5.43 Å². The van der Waals surface area contributed by atoms with E-state index in [9.17, 15) is 0 Å². The van der Waals surface area contributed by atoms with Gasteiger partial charge in [0.1, 0.15) is 11.6 Å². The van der Waals surface area contributed by atoms with Crippen molar-refractivity contribution in [3.63, 3.8) is 0 Å². The minimum Gasteiger partial charge on any atom is -0.469 e. The van der Waals surface area contributed by atoms with Gasteiger partial charge in [-0.05, 0) is 45.8 Å². The predicted octanol–water partition coefficient (Wildman–Crippen LogP) is 4.50. The summed E-state index contributed by atoms with van der Waals surface area (Å²) in [5.41, 5.74) is 4.93. The van der Waals surface area contributed by atoms with Crippen molar-refractivity contribution in [1.29, 1.82) is 0 Å². The summed E-state index contributed by atoms with van der Waals surface area (Å²) in [5, 5.41) is 4.50. The Morgan fingerprint density at radius 2 is 1.95 bits per heavy atom. The van der Waals surface area contributed by atoms with E-state index in [4.69, 9.17) is 4.42 Å². The van der Waals surface area contributed by atoms with Gasteiger partial charge in [-0.25, -0.2) is 4.98 Å². The molecule has 3 rings (SSSR count). The number of pyridine rings is 1. The summed E-state index contributed by atoms with van der Waals surface area (Å²) < 4.78 is 6.35. The standard InChI is InChI=1S/C17H14BrN3O/c18-14-8-9-17(19-12-14)21-20-16(11-15-7-4-10-22-15)13-5-2-1-3-6-13/h1-10,12H,11H2,(H,19,21). The van der Waals surface area contributed by atoms with Gasteiger partial charge in [0.05, 0.1) is 18.4 Å². The Hall–Kier alpha value is -2.40. The molecule has 0 saturated heterocycles. The highest BCUT2D eigenvalue weighted by atomic mass is 79.9. The van der Waals surface area contributed by atoms with Gasteiger partial charge in [0, 0.05) is 10.7 Å². The van der Waals surface area contributed by atoms with Crippen LogP contribution in [0.25, 0.3) is 0 Å². The fraction of sp³-hybridized carbons (Fsp3) is 0.0588. The van der Waals surface area contributed by atoms with E-state index in [1.54, 1.807) is 12.5 Å². The average molecular weight is 356 g/mol. The zero-order valence-electron chi connectivity index (χ0n) is 11.7. The average Bonchev–Trinajstić information content (AvgIpc) is 3.07. The highest BCUT2D eigenvalue weighted by Gasteiger charge is 2.07.